The predicted molar refractivity (Wildman–Crippen MR) is 60.8 cm³/mol. The Hall–Kier alpha value is -0.390. The quantitative estimate of drug-likeness (QED) is 0.659. The highest BCUT2D eigenvalue weighted by molar-refractivity contribution is 7.94. The van der Waals surface area contributed by atoms with Gasteiger partial charge in [-0.2, -0.15) is 0 Å². The Morgan fingerprint density at radius 3 is 2.62 bits per heavy atom. The van der Waals surface area contributed by atoms with Crippen molar-refractivity contribution in [3.63, 3.8) is 0 Å². The van der Waals surface area contributed by atoms with Gasteiger partial charge in [-0.1, -0.05) is 6.42 Å². The minimum atomic E-state index is -2.99. The second kappa shape index (κ2) is 5.29. The third kappa shape index (κ3) is 3.57. The Morgan fingerprint density at radius 1 is 1.25 bits per heavy atom. The van der Waals surface area contributed by atoms with E-state index in [0.29, 0.717) is 13.2 Å². The Kier molecular flexibility index (Phi) is 4.00. The summed E-state index contributed by atoms with van der Waals surface area (Å²) < 4.78 is 33.0. The van der Waals surface area contributed by atoms with Crippen LogP contribution in [0.15, 0.2) is 11.5 Å². The number of hydrogen-bond acceptors (Lipinski definition) is 4. The molecule has 16 heavy (non-hydrogen) atoms. The molecule has 0 aromatic carbocycles. The Labute approximate surface area is 96.5 Å². The molecule has 0 bridgehead atoms. The second-order valence-corrected chi connectivity index (χ2v) is 6.37. The summed E-state index contributed by atoms with van der Waals surface area (Å²) in [7, 11) is -2.99. The Balaban J connectivity index is 1.50. The van der Waals surface area contributed by atoms with Gasteiger partial charge in [-0.25, -0.2) is 8.42 Å². The fraction of sp³-hybridized carbons (Fsp3) is 0.818. The summed E-state index contributed by atoms with van der Waals surface area (Å²) in [6, 6.07) is 0. The van der Waals surface area contributed by atoms with Gasteiger partial charge in [0.1, 0.15) is 0 Å². The molecule has 0 saturated heterocycles. The third-order valence-electron chi connectivity index (χ3n) is 3.04. The number of sulfone groups is 1. The first-order valence-electron chi connectivity index (χ1n) is 5.76. The number of hydrogen-bond donors (Lipinski definition) is 0. The van der Waals surface area contributed by atoms with Crippen LogP contribution in [0.1, 0.15) is 19.3 Å². The van der Waals surface area contributed by atoms with E-state index in [1.165, 1.54) is 24.7 Å². The van der Waals surface area contributed by atoms with Gasteiger partial charge in [0.25, 0.3) is 0 Å². The van der Waals surface area contributed by atoms with E-state index in [4.69, 9.17) is 9.47 Å². The summed E-state index contributed by atoms with van der Waals surface area (Å²) in [4.78, 5) is 0. The molecule has 1 atom stereocenters. The maximum Gasteiger partial charge on any atom is 0.174 e. The highest BCUT2D eigenvalue weighted by Crippen LogP contribution is 2.26. The summed E-state index contributed by atoms with van der Waals surface area (Å²) in [5, 5.41) is 1.23. The van der Waals surface area contributed by atoms with E-state index in [1.54, 1.807) is 6.08 Å². The lowest BCUT2D eigenvalue weighted by atomic mass is 9.86. The molecule has 2 aliphatic rings. The number of ether oxygens (including phenoxy) is 2. The molecule has 2 rings (SSSR count). The first-order chi connectivity index (χ1) is 7.66. The molecule has 92 valence electrons. The van der Waals surface area contributed by atoms with Crippen LogP contribution in [-0.4, -0.2) is 40.1 Å². The van der Waals surface area contributed by atoms with Crippen molar-refractivity contribution in [2.24, 2.45) is 5.92 Å². The summed E-state index contributed by atoms with van der Waals surface area (Å²) in [5.74, 6) is 0.821. The molecular formula is C11H18O4S. The molecule has 0 N–H and O–H groups in total. The van der Waals surface area contributed by atoms with Gasteiger partial charge in [-0.3, -0.25) is 0 Å². The van der Waals surface area contributed by atoms with Gasteiger partial charge < -0.3 is 9.47 Å². The van der Waals surface area contributed by atoms with Crippen LogP contribution in [-0.2, 0) is 19.3 Å². The first kappa shape index (κ1) is 12.1. The van der Waals surface area contributed by atoms with E-state index in [0.717, 1.165) is 12.5 Å². The zero-order valence-electron chi connectivity index (χ0n) is 9.30. The zero-order valence-corrected chi connectivity index (χ0v) is 10.1. The van der Waals surface area contributed by atoms with E-state index in [-0.39, 0.29) is 11.9 Å². The largest absolute Gasteiger partial charge is 0.379 e. The van der Waals surface area contributed by atoms with Gasteiger partial charge in [0, 0.05) is 12.0 Å². The average molecular weight is 246 g/mol. The van der Waals surface area contributed by atoms with Gasteiger partial charge in [0.15, 0.2) is 9.84 Å². The maximum absolute atomic E-state index is 11.1. The standard InChI is InChI=1S/C11H18O4S/c12-16(13)7-4-11(9-16)15-6-5-14-8-10-2-1-3-10/h4,7,10-11H,1-3,5-6,8-9H2. The van der Waals surface area contributed by atoms with E-state index in [1.807, 2.05) is 0 Å². The lowest BCUT2D eigenvalue weighted by Crippen LogP contribution is -2.21. The van der Waals surface area contributed by atoms with Crippen LogP contribution in [0.2, 0.25) is 0 Å². The topological polar surface area (TPSA) is 52.6 Å². The van der Waals surface area contributed by atoms with Crippen LogP contribution in [0.4, 0.5) is 0 Å². The first-order valence-corrected chi connectivity index (χ1v) is 7.47. The van der Waals surface area contributed by atoms with Crippen molar-refractivity contribution in [3.8, 4) is 0 Å². The molecule has 1 fully saturated rings. The molecule has 0 spiro atoms. The molecule has 1 aliphatic carbocycles. The highest BCUT2D eigenvalue weighted by atomic mass is 32.2. The minimum Gasteiger partial charge on any atom is -0.379 e. The van der Waals surface area contributed by atoms with Crippen molar-refractivity contribution in [3.05, 3.63) is 11.5 Å². The fourth-order valence-electron chi connectivity index (χ4n) is 1.82. The van der Waals surface area contributed by atoms with E-state index >= 15 is 0 Å². The smallest absolute Gasteiger partial charge is 0.174 e. The molecule has 1 heterocycles. The monoisotopic (exact) mass is 246 g/mol. The maximum atomic E-state index is 11.1. The van der Waals surface area contributed by atoms with Gasteiger partial charge in [-0.05, 0) is 24.8 Å². The SMILES string of the molecule is O=S1(=O)C=CC(OCCOCC2CCC2)C1. The summed E-state index contributed by atoms with van der Waals surface area (Å²) in [6.45, 7) is 1.85. The lowest BCUT2D eigenvalue weighted by molar-refractivity contribution is 0.00947. The number of rotatable bonds is 6. The minimum absolute atomic E-state index is 0.0790. The van der Waals surface area contributed by atoms with Gasteiger partial charge >= 0.3 is 0 Å². The van der Waals surface area contributed by atoms with Crippen molar-refractivity contribution in [2.45, 2.75) is 25.4 Å². The van der Waals surface area contributed by atoms with Gasteiger partial charge in [0.2, 0.25) is 0 Å². The van der Waals surface area contributed by atoms with Crippen LogP contribution in [0.5, 0.6) is 0 Å². The summed E-state index contributed by atoms with van der Waals surface area (Å²) in [6.07, 6.45) is 5.21. The zero-order chi connectivity index (χ0) is 11.4. The Morgan fingerprint density at radius 2 is 2.06 bits per heavy atom. The van der Waals surface area contributed by atoms with Crippen molar-refractivity contribution in [1.29, 1.82) is 0 Å². The summed E-state index contributed by atoms with van der Waals surface area (Å²) >= 11 is 0. The molecule has 0 aromatic heterocycles. The van der Waals surface area contributed by atoms with Crippen LogP contribution in [0, 0.1) is 5.92 Å². The van der Waals surface area contributed by atoms with Crippen LogP contribution < -0.4 is 0 Å². The van der Waals surface area contributed by atoms with E-state index in [2.05, 4.69) is 0 Å². The molecule has 1 saturated carbocycles. The molecule has 0 radical (unpaired) electrons. The predicted octanol–water partition coefficient (Wildman–Crippen LogP) is 1.13. The molecular weight excluding hydrogens is 228 g/mol. The highest BCUT2D eigenvalue weighted by Gasteiger charge is 2.22. The summed E-state index contributed by atoms with van der Waals surface area (Å²) in [5.41, 5.74) is 0. The Bertz CT molecular complexity index is 343. The third-order valence-corrected chi connectivity index (χ3v) is 4.40. The van der Waals surface area contributed by atoms with Crippen molar-refractivity contribution < 1.29 is 17.9 Å². The van der Waals surface area contributed by atoms with E-state index < -0.39 is 9.84 Å². The normalized spacial score (nSPS) is 28.1. The van der Waals surface area contributed by atoms with Crippen LogP contribution >= 0.6 is 0 Å². The second-order valence-electron chi connectivity index (χ2n) is 4.44. The van der Waals surface area contributed by atoms with E-state index in [9.17, 15) is 8.42 Å². The molecule has 0 aromatic rings. The van der Waals surface area contributed by atoms with Crippen LogP contribution in [0.25, 0.3) is 0 Å². The molecule has 1 aliphatic heterocycles. The van der Waals surface area contributed by atoms with Crippen molar-refractivity contribution in [1.82, 2.24) is 0 Å². The molecule has 4 nitrogen and oxygen atoms in total. The van der Waals surface area contributed by atoms with Gasteiger partial charge in [-0.15, -0.1) is 0 Å². The van der Waals surface area contributed by atoms with Crippen molar-refractivity contribution >= 4 is 9.84 Å². The van der Waals surface area contributed by atoms with Gasteiger partial charge in [0.05, 0.1) is 25.1 Å². The lowest BCUT2D eigenvalue weighted by Gasteiger charge is -2.24. The molecule has 5 heteroatoms. The molecule has 0 amide bonds. The average Bonchev–Trinajstić information content (AvgIpc) is 2.49. The van der Waals surface area contributed by atoms with Crippen LogP contribution in [0.3, 0.4) is 0 Å². The van der Waals surface area contributed by atoms with Crippen molar-refractivity contribution in [2.75, 3.05) is 25.6 Å². The fourth-order valence-corrected chi connectivity index (χ4v) is 3.01. The molecule has 1 unspecified atom stereocenters.